The minimum atomic E-state index is -4.64. The third-order valence-electron chi connectivity index (χ3n) is 15.9. The Kier molecular flexibility index (Phi) is 14.2. The Morgan fingerprint density at radius 2 is 1.78 bits per heavy atom. The molecule has 5 heterocycles. The predicted molar refractivity (Wildman–Crippen MR) is 274 cm³/mol. The third kappa shape index (κ3) is 10.8. The molecule has 2 saturated carbocycles. The standard InChI is InChI=1S/C54H67N7O10S/c1-35(2)41-7-4-5-8-42(41)43-9-6-10-46(43)60-33-54(34-60)20-23-59(24-21-54)38-11-13-44(48(28-38)71-49-27-37-17-22-55-50(37)57-52(49)70-32-39-31-68-25-26-69-39)51(62)58-72(66,67)40-12-14-45(47(29-40)61(64)65)56-30-36-15-18-53(3,63)19-16-36/h4-5,7-8,11-14,17,22,27-29,35-36,39,43,46,56,63H,6,9-10,15-16,18-21,23-26,30-34H2,1-3H3,(H,55,57)(H,58,62)/t36-,39-,43+,46+,53-/m0/s1. The van der Waals surface area contributed by atoms with Crippen molar-refractivity contribution < 1.29 is 42.2 Å². The van der Waals surface area contributed by atoms with Crippen LogP contribution in [-0.2, 0) is 19.5 Å². The number of aromatic nitrogens is 2. The van der Waals surface area contributed by atoms with Gasteiger partial charge in [0, 0.05) is 68.2 Å². The molecule has 4 N–H and O–H groups in total. The van der Waals surface area contributed by atoms with Gasteiger partial charge in [0.25, 0.3) is 27.5 Å². The second-order valence-electron chi connectivity index (χ2n) is 21.3. The number of nitrogens with one attached hydrogen (secondary N) is 3. The van der Waals surface area contributed by atoms with Crippen molar-refractivity contribution in [2.24, 2.45) is 11.3 Å². The number of ether oxygens (including phenoxy) is 4. The molecule has 72 heavy (non-hydrogen) atoms. The van der Waals surface area contributed by atoms with Gasteiger partial charge < -0.3 is 39.3 Å². The lowest BCUT2D eigenvalue weighted by molar-refractivity contribution is -0.384. The highest BCUT2D eigenvalue weighted by Gasteiger charge is 2.49. The number of fused-ring (bicyclic) bond motifs is 1. The number of nitro groups is 1. The highest BCUT2D eigenvalue weighted by Crippen LogP contribution is 2.49. The van der Waals surface area contributed by atoms with Crippen LogP contribution in [0.2, 0.25) is 0 Å². The van der Waals surface area contributed by atoms with Crippen molar-refractivity contribution in [3.05, 3.63) is 106 Å². The summed E-state index contributed by atoms with van der Waals surface area (Å²) in [6, 6.07) is 21.8. The van der Waals surface area contributed by atoms with Gasteiger partial charge in [0.05, 0.1) is 40.8 Å². The van der Waals surface area contributed by atoms with E-state index in [1.54, 1.807) is 30.5 Å². The zero-order valence-corrected chi connectivity index (χ0v) is 42.3. The highest BCUT2D eigenvalue weighted by molar-refractivity contribution is 7.90. The first-order chi connectivity index (χ1) is 34.6. The van der Waals surface area contributed by atoms with Crippen LogP contribution in [0.25, 0.3) is 11.0 Å². The predicted octanol–water partition coefficient (Wildman–Crippen LogP) is 8.89. The van der Waals surface area contributed by atoms with E-state index in [4.69, 9.17) is 23.9 Å². The largest absolute Gasteiger partial charge is 0.472 e. The average Bonchev–Trinajstić information content (AvgIpc) is 4.05. The zero-order valence-electron chi connectivity index (χ0n) is 41.4. The molecular formula is C54H67N7O10S. The minimum absolute atomic E-state index is 0.0674. The van der Waals surface area contributed by atoms with Gasteiger partial charge in [-0.3, -0.25) is 19.8 Å². The zero-order chi connectivity index (χ0) is 50.2. The van der Waals surface area contributed by atoms with E-state index in [1.807, 2.05) is 13.0 Å². The molecule has 2 aromatic heterocycles. The minimum Gasteiger partial charge on any atom is -0.472 e. The second-order valence-corrected chi connectivity index (χ2v) is 23.0. The molecule has 384 valence electrons. The number of sulfonamides is 1. The molecule has 5 aromatic rings. The summed E-state index contributed by atoms with van der Waals surface area (Å²) < 4.78 is 54.4. The molecule has 3 aromatic carbocycles. The van der Waals surface area contributed by atoms with Crippen molar-refractivity contribution in [2.75, 3.05) is 69.4 Å². The maximum Gasteiger partial charge on any atom is 0.293 e. The van der Waals surface area contributed by atoms with Gasteiger partial charge in [-0.2, -0.15) is 4.98 Å². The lowest BCUT2D eigenvalue weighted by atomic mass is 9.70. The van der Waals surface area contributed by atoms with Gasteiger partial charge in [-0.15, -0.1) is 0 Å². The molecule has 5 aliphatic rings. The summed E-state index contributed by atoms with van der Waals surface area (Å²) in [5.74, 6) is 0.627. The number of benzene rings is 3. The molecule has 3 aliphatic heterocycles. The lowest BCUT2D eigenvalue weighted by Gasteiger charge is -2.57. The first kappa shape index (κ1) is 49.8. The number of pyridine rings is 1. The number of nitrogens with zero attached hydrogens (tertiary/aromatic N) is 4. The molecule has 1 spiro atoms. The van der Waals surface area contributed by atoms with Gasteiger partial charge in [0.15, 0.2) is 5.75 Å². The van der Waals surface area contributed by atoms with E-state index in [9.17, 15) is 28.4 Å². The van der Waals surface area contributed by atoms with Crippen LogP contribution in [-0.4, -0.2) is 116 Å². The number of likely N-dealkylation sites (tertiary alicyclic amines) is 1. The van der Waals surface area contributed by atoms with Crippen molar-refractivity contribution in [3.63, 3.8) is 0 Å². The Balaban J connectivity index is 0.881. The summed E-state index contributed by atoms with van der Waals surface area (Å²) in [6.45, 7) is 11.9. The summed E-state index contributed by atoms with van der Waals surface area (Å²) in [7, 11) is -4.64. The van der Waals surface area contributed by atoms with Crippen molar-refractivity contribution >= 4 is 44.0 Å². The molecule has 0 radical (unpaired) electrons. The van der Waals surface area contributed by atoms with Crippen LogP contribution in [0, 0.1) is 21.4 Å². The first-order valence-electron chi connectivity index (χ1n) is 25.6. The van der Waals surface area contributed by atoms with Gasteiger partial charge in [-0.05, 0) is 129 Å². The molecule has 17 nitrogen and oxygen atoms in total. The van der Waals surface area contributed by atoms with Gasteiger partial charge in [0.2, 0.25) is 0 Å². The van der Waals surface area contributed by atoms with Crippen LogP contribution in [0.3, 0.4) is 0 Å². The number of piperidine rings is 1. The Labute approximate surface area is 421 Å². The Morgan fingerprint density at radius 1 is 0.986 bits per heavy atom. The maximum absolute atomic E-state index is 14.3. The van der Waals surface area contributed by atoms with Crippen LogP contribution in [0.5, 0.6) is 17.4 Å². The summed E-state index contributed by atoms with van der Waals surface area (Å²) in [5, 5.41) is 26.5. The number of aromatic amines is 1. The van der Waals surface area contributed by atoms with Crippen LogP contribution in [0.1, 0.15) is 112 Å². The number of carbonyl (C=O) groups is 1. The van der Waals surface area contributed by atoms with E-state index in [0.29, 0.717) is 62.7 Å². The molecular weight excluding hydrogens is 939 g/mol. The number of aliphatic hydroxyl groups is 1. The van der Waals surface area contributed by atoms with E-state index in [1.165, 1.54) is 42.5 Å². The van der Waals surface area contributed by atoms with Crippen LogP contribution >= 0.6 is 0 Å². The number of H-pyrrole nitrogens is 1. The molecule has 0 unspecified atom stereocenters. The van der Waals surface area contributed by atoms with Crippen LogP contribution < -0.4 is 24.4 Å². The summed E-state index contributed by atoms with van der Waals surface area (Å²) >= 11 is 0. The summed E-state index contributed by atoms with van der Waals surface area (Å²) in [4.78, 5) is 38.4. The highest BCUT2D eigenvalue weighted by atomic mass is 32.2. The molecule has 0 bridgehead atoms. The topological polar surface area (TPSA) is 211 Å². The quantitative estimate of drug-likeness (QED) is 0.0538. The van der Waals surface area contributed by atoms with E-state index in [-0.39, 0.29) is 52.7 Å². The third-order valence-corrected chi connectivity index (χ3v) is 17.2. The fourth-order valence-corrected chi connectivity index (χ4v) is 12.7. The molecule has 1 amide bonds. The Morgan fingerprint density at radius 3 is 2.53 bits per heavy atom. The van der Waals surface area contributed by atoms with Gasteiger partial charge in [-0.25, -0.2) is 13.1 Å². The molecule has 10 rings (SSSR count). The maximum atomic E-state index is 14.3. The second kappa shape index (κ2) is 20.6. The summed E-state index contributed by atoms with van der Waals surface area (Å²) in [5.41, 5.74) is 3.48. The molecule has 3 atom stereocenters. The number of anilines is 2. The number of nitro benzene ring substituents is 1. The Bertz CT molecular complexity index is 2880. The average molecular weight is 1010 g/mol. The van der Waals surface area contributed by atoms with Gasteiger partial charge >= 0.3 is 0 Å². The van der Waals surface area contributed by atoms with Crippen LogP contribution in [0.4, 0.5) is 17.1 Å². The van der Waals surface area contributed by atoms with E-state index in [2.05, 4.69) is 62.9 Å². The number of amides is 1. The first-order valence-corrected chi connectivity index (χ1v) is 27.1. The van der Waals surface area contributed by atoms with Crippen molar-refractivity contribution in [1.82, 2.24) is 19.6 Å². The van der Waals surface area contributed by atoms with Gasteiger partial charge in [-0.1, -0.05) is 44.5 Å². The molecule has 5 fully saturated rings. The van der Waals surface area contributed by atoms with Crippen molar-refractivity contribution in [3.8, 4) is 17.4 Å². The monoisotopic (exact) mass is 1010 g/mol. The number of rotatable bonds is 16. The van der Waals surface area contributed by atoms with E-state index in [0.717, 1.165) is 69.0 Å². The fraction of sp³-hybridized carbons (Fsp3) is 0.519. The lowest BCUT2D eigenvalue weighted by Crippen LogP contribution is -2.63. The number of hydrogen-bond donors (Lipinski definition) is 4. The summed E-state index contributed by atoms with van der Waals surface area (Å²) in [6.07, 6.45) is 9.86. The normalized spacial score (nSPS) is 24.5. The molecule has 2 aliphatic carbocycles. The van der Waals surface area contributed by atoms with E-state index < -0.39 is 37.0 Å². The van der Waals surface area contributed by atoms with Crippen molar-refractivity contribution in [2.45, 2.75) is 113 Å². The SMILES string of the molecule is CC(C)c1ccccc1[C@H]1CCC[C@H]1N1CC2(CCN(c3ccc(C(=O)NS(=O)(=O)c4ccc(NC[C@H]5CC[C@](C)(O)CC5)c([N+](=O)[O-])c4)c(Oc4cc5cc[nH]c5nc4OC[C@@H]4COCCO4)c3)CC2)C1. The number of hydrogen-bond acceptors (Lipinski definition) is 14. The van der Waals surface area contributed by atoms with Crippen LogP contribution in [0.15, 0.2) is 83.9 Å². The molecule has 18 heteroatoms. The number of carbonyl (C=O) groups excluding carboxylic acids is 1. The Hall–Kier alpha value is -5.79. The molecule has 3 saturated heterocycles. The fourth-order valence-electron chi connectivity index (χ4n) is 11.7. The van der Waals surface area contributed by atoms with E-state index >= 15 is 0 Å². The van der Waals surface area contributed by atoms with Crippen molar-refractivity contribution in [1.29, 1.82) is 0 Å². The smallest absolute Gasteiger partial charge is 0.293 e. The van der Waals surface area contributed by atoms with Gasteiger partial charge in [0.1, 0.15) is 29.8 Å².